The Morgan fingerprint density at radius 1 is 1.04 bits per heavy atom. The summed E-state index contributed by atoms with van der Waals surface area (Å²) in [7, 11) is 0. The molecular weight excluding hydrogens is 343 g/mol. The standard InChI is InChI=1S/C19H26F3N3O/c1-2-3-4-5-6-7-8-9-13-26-16-11-10-12-23-18(16)15-14-17(25-24-15)19(20,21)22/h10-12,14H,2-9,13H2,1H3,(H,24,25). The highest BCUT2D eigenvalue weighted by Gasteiger charge is 2.33. The summed E-state index contributed by atoms with van der Waals surface area (Å²) in [6.07, 6.45) is 6.61. The fourth-order valence-corrected chi connectivity index (χ4v) is 2.71. The van der Waals surface area contributed by atoms with Gasteiger partial charge in [-0.1, -0.05) is 51.9 Å². The summed E-state index contributed by atoms with van der Waals surface area (Å²) in [5, 5.41) is 5.72. The van der Waals surface area contributed by atoms with Crippen molar-refractivity contribution in [3.05, 3.63) is 30.1 Å². The van der Waals surface area contributed by atoms with E-state index in [1.165, 1.54) is 44.7 Å². The van der Waals surface area contributed by atoms with Crippen LogP contribution in [0.2, 0.25) is 0 Å². The lowest BCUT2D eigenvalue weighted by atomic mass is 10.1. The maximum atomic E-state index is 12.7. The number of pyridine rings is 1. The van der Waals surface area contributed by atoms with Crippen molar-refractivity contribution in [2.75, 3.05) is 6.61 Å². The largest absolute Gasteiger partial charge is 0.491 e. The molecule has 144 valence electrons. The molecule has 0 amide bonds. The molecule has 0 saturated carbocycles. The molecule has 0 aromatic carbocycles. The van der Waals surface area contributed by atoms with E-state index in [4.69, 9.17) is 4.74 Å². The maximum Gasteiger partial charge on any atom is 0.432 e. The van der Waals surface area contributed by atoms with E-state index in [1.54, 1.807) is 12.1 Å². The molecule has 0 atom stereocenters. The molecule has 0 aliphatic heterocycles. The second kappa shape index (κ2) is 10.2. The fourth-order valence-electron chi connectivity index (χ4n) is 2.71. The summed E-state index contributed by atoms with van der Waals surface area (Å²) in [4.78, 5) is 4.13. The predicted octanol–water partition coefficient (Wildman–Crippen LogP) is 6.01. The number of H-pyrrole nitrogens is 1. The zero-order valence-electron chi connectivity index (χ0n) is 15.1. The zero-order chi connectivity index (χ0) is 18.8. The average Bonchev–Trinajstić information content (AvgIpc) is 3.11. The minimum Gasteiger partial charge on any atom is -0.491 e. The van der Waals surface area contributed by atoms with Crippen LogP contribution in [0.15, 0.2) is 24.4 Å². The van der Waals surface area contributed by atoms with Gasteiger partial charge in [-0.05, 0) is 24.6 Å². The number of nitrogens with one attached hydrogen (secondary N) is 1. The van der Waals surface area contributed by atoms with Crippen molar-refractivity contribution in [2.24, 2.45) is 0 Å². The van der Waals surface area contributed by atoms with Crippen LogP contribution < -0.4 is 4.74 Å². The predicted molar refractivity (Wildman–Crippen MR) is 94.9 cm³/mol. The average molecular weight is 369 g/mol. The molecule has 0 radical (unpaired) electrons. The Balaban J connectivity index is 1.81. The van der Waals surface area contributed by atoms with Gasteiger partial charge in [0.25, 0.3) is 0 Å². The molecule has 0 saturated heterocycles. The first-order chi connectivity index (χ1) is 12.5. The molecule has 4 nitrogen and oxygen atoms in total. The highest BCUT2D eigenvalue weighted by molar-refractivity contribution is 5.62. The van der Waals surface area contributed by atoms with E-state index < -0.39 is 11.9 Å². The lowest BCUT2D eigenvalue weighted by molar-refractivity contribution is -0.141. The van der Waals surface area contributed by atoms with Crippen LogP contribution in [0.5, 0.6) is 5.75 Å². The Labute approximate surface area is 152 Å². The molecule has 2 aromatic heterocycles. The first-order valence-electron chi connectivity index (χ1n) is 9.23. The molecule has 26 heavy (non-hydrogen) atoms. The van der Waals surface area contributed by atoms with Crippen LogP contribution in [0.4, 0.5) is 13.2 Å². The van der Waals surface area contributed by atoms with Crippen LogP contribution in [0.1, 0.15) is 64.0 Å². The first kappa shape index (κ1) is 20.3. The van der Waals surface area contributed by atoms with Gasteiger partial charge in [-0.25, -0.2) is 0 Å². The Hall–Kier alpha value is -2.05. The highest BCUT2D eigenvalue weighted by atomic mass is 19.4. The van der Waals surface area contributed by atoms with Gasteiger partial charge in [-0.2, -0.15) is 18.3 Å². The van der Waals surface area contributed by atoms with E-state index in [0.29, 0.717) is 18.1 Å². The number of rotatable bonds is 11. The maximum absolute atomic E-state index is 12.7. The third-order valence-corrected chi connectivity index (χ3v) is 4.15. The van der Waals surface area contributed by atoms with Gasteiger partial charge in [0, 0.05) is 6.20 Å². The van der Waals surface area contributed by atoms with E-state index in [0.717, 1.165) is 18.9 Å². The molecule has 0 aliphatic rings. The summed E-state index contributed by atoms with van der Waals surface area (Å²) in [5.41, 5.74) is -0.449. The van der Waals surface area contributed by atoms with Gasteiger partial charge in [0.05, 0.1) is 6.61 Å². The van der Waals surface area contributed by atoms with Crippen LogP contribution in [0, 0.1) is 0 Å². The van der Waals surface area contributed by atoms with Gasteiger partial charge in [-0.15, -0.1) is 0 Å². The summed E-state index contributed by atoms with van der Waals surface area (Å²) < 4.78 is 43.9. The first-order valence-corrected chi connectivity index (χ1v) is 9.23. The van der Waals surface area contributed by atoms with Gasteiger partial charge >= 0.3 is 6.18 Å². The van der Waals surface area contributed by atoms with Gasteiger partial charge in [0.15, 0.2) is 0 Å². The van der Waals surface area contributed by atoms with Crippen molar-refractivity contribution < 1.29 is 17.9 Å². The van der Waals surface area contributed by atoms with Crippen LogP contribution in [0.3, 0.4) is 0 Å². The van der Waals surface area contributed by atoms with Crippen molar-refractivity contribution in [2.45, 2.75) is 64.5 Å². The van der Waals surface area contributed by atoms with E-state index in [1.807, 2.05) is 5.10 Å². The normalized spacial score (nSPS) is 11.7. The monoisotopic (exact) mass is 369 g/mol. The Morgan fingerprint density at radius 3 is 2.38 bits per heavy atom. The fraction of sp³-hybridized carbons (Fsp3) is 0.579. The van der Waals surface area contributed by atoms with Crippen LogP contribution in [-0.4, -0.2) is 21.8 Å². The summed E-state index contributed by atoms with van der Waals surface area (Å²) in [5.74, 6) is 0.454. The number of ether oxygens (including phenoxy) is 1. The molecule has 0 spiro atoms. The van der Waals surface area contributed by atoms with Crippen LogP contribution in [-0.2, 0) is 6.18 Å². The molecule has 0 unspecified atom stereocenters. The second-order valence-electron chi connectivity index (χ2n) is 6.34. The third-order valence-electron chi connectivity index (χ3n) is 4.15. The molecule has 0 fully saturated rings. The minimum atomic E-state index is -4.46. The van der Waals surface area contributed by atoms with Gasteiger partial charge in [-0.3, -0.25) is 10.1 Å². The Bertz CT molecular complexity index is 655. The van der Waals surface area contributed by atoms with Crippen molar-refractivity contribution in [3.8, 4) is 17.1 Å². The summed E-state index contributed by atoms with van der Waals surface area (Å²) in [6.45, 7) is 2.72. The molecule has 2 rings (SSSR count). The van der Waals surface area contributed by atoms with E-state index in [-0.39, 0.29) is 5.69 Å². The Kier molecular flexibility index (Phi) is 7.94. The topological polar surface area (TPSA) is 50.8 Å². The van der Waals surface area contributed by atoms with Gasteiger partial charge in [0.1, 0.15) is 22.8 Å². The van der Waals surface area contributed by atoms with Crippen LogP contribution >= 0.6 is 0 Å². The lowest BCUT2D eigenvalue weighted by Gasteiger charge is -2.09. The van der Waals surface area contributed by atoms with E-state index >= 15 is 0 Å². The number of unbranched alkanes of at least 4 members (excludes halogenated alkanes) is 7. The minimum absolute atomic E-state index is 0.129. The van der Waals surface area contributed by atoms with E-state index in [9.17, 15) is 13.2 Å². The van der Waals surface area contributed by atoms with Crippen molar-refractivity contribution in [1.82, 2.24) is 15.2 Å². The molecule has 0 aliphatic carbocycles. The molecule has 0 bridgehead atoms. The lowest BCUT2D eigenvalue weighted by Crippen LogP contribution is -2.04. The molecule has 1 N–H and O–H groups in total. The SMILES string of the molecule is CCCCCCCCCCOc1cccnc1-c1cc(C(F)(F)F)[nH]n1. The molecule has 2 aromatic rings. The number of nitrogens with zero attached hydrogens (tertiary/aromatic N) is 2. The summed E-state index contributed by atoms with van der Waals surface area (Å²) >= 11 is 0. The Morgan fingerprint density at radius 2 is 1.73 bits per heavy atom. The molecular formula is C19H26F3N3O. The number of aromatic amines is 1. The number of aromatic nitrogens is 3. The van der Waals surface area contributed by atoms with E-state index in [2.05, 4.69) is 17.0 Å². The number of alkyl halides is 3. The van der Waals surface area contributed by atoms with Gasteiger partial charge in [0.2, 0.25) is 0 Å². The van der Waals surface area contributed by atoms with Crippen molar-refractivity contribution in [3.63, 3.8) is 0 Å². The van der Waals surface area contributed by atoms with Crippen LogP contribution in [0.25, 0.3) is 11.4 Å². The molecule has 7 heteroatoms. The molecule has 2 heterocycles. The third kappa shape index (κ3) is 6.35. The summed E-state index contributed by atoms with van der Waals surface area (Å²) in [6, 6.07) is 4.35. The zero-order valence-corrected chi connectivity index (χ0v) is 15.1. The second-order valence-corrected chi connectivity index (χ2v) is 6.34. The number of hydrogen-bond donors (Lipinski definition) is 1. The highest BCUT2D eigenvalue weighted by Crippen LogP contribution is 2.32. The number of hydrogen-bond acceptors (Lipinski definition) is 3. The smallest absolute Gasteiger partial charge is 0.432 e. The van der Waals surface area contributed by atoms with Gasteiger partial charge < -0.3 is 4.74 Å². The van der Waals surface area contributed by atoms with Crippen molar-refractivity contribution >= 4 is 0 Å². The number of halogens is 3. The quantitative estimate of drug-likeness (QED) is 0.494. The van der Waals surface area contributed by atoms with Crippen molar-refractivity contribution in [1.29, 1.82) is 0 Å².